The van der Waals surface area contributed by atoms with E-state index in [9.17, 15) is 0 Å². The first-order valence-corrected chi connectivity index (χ1v) is 6.34. The fourth-order valence-corrected chi connectivity index (χ4v) is 1.84. The summed E-state index contributed by atoms with van der Waals surface area (Å²) in [5.74, 6) is 5.57. The highest BCUT2D eigenvalue weighted by atomic mass is 16.5. The third kappa shape index (κ3) is 6.12. The van der Waals surface area contributed by atoms with Gasteiger partial charge in [0.15, 0.2) is 0 Å². The Hall–Kier alpha value is -0.940. The Kier molecular flexibility index (Phi) is 7.60. The molecule has 4 heteroatoms. The average Bonchev–Trinajstić information content (AvgIpc) is 2.37. The van der Waals surface area contributed by atoms with Gasteiger partial charge in [-0.05, 0) is 25.3 Å². The normalized spacial score (nSPS) is 12.6. The molecule has 1 aromatic rings. The summed E-state index contributed by atoms with van der Waals surface area (Å²) in [6, 6.07) is 8.74. The van der Waals surface area contributed by atoms with Crippen LogP contribution in [0.2, 0.25) is 0 Å². The van der Waals surface area contributed by atoms with Gasteiger partial charge in [-0.15, -0.1) is 0 Å². The summed E-state index contributed by atoms with van der Waals surface area (Å²) in [6.45, 7) is 4.07. The van der Waals surface area contributed by atoms with Crippen LogP contribution in [0, 0.1) is 6.92 Å². The topological polar surface area (TPSA) is 56.5 Å². The predicted molar refractivity (Wildman–Crippen MR) is 73.3 cm³/mol. The van der Waals surface area contributed by atoms with Gasteiger partial charge in [0.25, 0.3) is 0 Å². The van der Waals surface area contributed by atoms with Gasteiger partial charge in [-0.2, -0.15) is 0 Å². The first kappa shape index (κ1) is 15.1. The Labute approximate surface area is 109 Å². The van der Waals surface area contributed by atoms with Crippen LogP contribution >= 0.6 is 0 Å². The lowest BCUT2D eigenvalue weighted by Crippen LogP contribution is -2.37. The van der Waals surface area contributed by atoms with E-state index in [-0.39, 0.29) is 6.04 Å². The van der Waals surface area contributed by atoms with E-state index in [1.165, 1.54) is 11.1 Å². The Balaban J connectivity index is 2.28. The molecule has 18 heavy (non-hydrogen) atoms. The van der Waals surface area contributed by atoms with Crippen LogP contribution < -0.4 is 11.3 Å². The van der Waals surface area contributed by atoms with Gasteiger partial charge in [-0.3, -0.25) is 11.3 Å². The highest BCUT2D eigenvalue weighted by molar-refractivity contribution is 5.22. The van der Waals surface area contributed by atoms with E-state index < -0.39 is 0 Å². The molecule has 1 atom stereocenters. The van der Waals surface area contributed by atoms with E-state index in [1.807, 2.05) is 0 Å². The summed E-state index contributed by atoms with van der Waals surface area (Å²) >= 11 is 0. The number of hydrogen-bond acceptors (Lipinski definition) is 4. The zero-order valence-corrected chi connectivity index (χ0v) is 11.3. The fourth-order valence-electron chi connectivity index (χ4n) is 1.84. The molecular weight excluding hydrogens is 228 g/mol. The lowest BCUT2D eigenvalue weighted by Gasteiger charge is -2.16. The molecule has 0 aliphatic carbocycles. The van der Waals surface area contributed by atoms with Crippen molar-refractivity contribution in [2.24, 2.45) is 5.84 Å². The van der Waals surface area contributed by atoms with Gasteiger partial charge in [0.1, 0.15) is 0 Å². The molecule has 0 radical (unpaired) electrons. The number of hydrogen-bond donors (Lipinski definition) is 2. The van der Waals surface area contributed by atoms with Crippen molar-refractivity contribution in [1.82, 2.24) is 5.43 Å². The first-order valence-electron chi connectivity index (χ1n) is 6.34. The molecule has 1 rings (SSSR count). The molecule has 0 fully saturated rings. The Morgan fingerprint density at radius 1 is 1.28 bits per heavy atom. The number of benzene rings is 1. The molecule has 0 aliphatic heterocycles. The monoisotopic (exact) mass is 252 g/mol. The highest BCUT2D eigenvalue weighted by Gasteiger charge is 2.07. The van der Waals surface area contributed by atoms with Gasteiger partial charge in [0.2, 0.25) is 0 Å². The van der Waals surface area contributed by atoms with Gasteiger partial charge in [-0.25, -0.2) is 0 Å². The quantitative estimate of drug-likeness (QED) is 0.396. The van der Waals surface area contributed by atoms with Gasteiger partial charge in [0.05, 0.1) is 13.2 Å². The molecule has 0 aliphatic rings. The van der Waals surface area contributed by atoms with Gasteiger partial charge in [-0.1, -0.05) is 29.8 Å². The standard InChI is InChI=1S/C14H24N2O2/c1-12-4-3-5-13(10-12)11-14(16-15)6-7-18-9-8-17-2/h3-5,10,14,16H,6-9,11,15H2,1-2H3. The summed E-state index contributed by atoms with van der Waals surface area (Å²) < 4.78 is 10.4. The summed E-state index contributed by atoms with van der Waals surface area (Å²) in [6.07, 6.45) is 1.82. The smallest absolute Gasteiger partial charge is 0.0700 e. The van der Waals surface area contributed by atoms with Crippen molar-refractivity contribution in [3.63, 3.8) is 0 Å². The maximum atomic E-state index is 5.57. The minimum atomic E-state index is 0.245. The molecule has 1 unspecified atom stereocenters. The molecule has 0 saturated carbocycles. The van der Waals surface area contributed by atoms with Crippen molar-refractivity contribution in [2.75, 3.05) is 26.9 Å². The van der Waals surface area contributed by atoms with Crippen LogP contribution in [0.5, 0.6) is 0 Å². The van der Waals surface area contributed by atoms with Crippen LogP contribution in [0.4, 0.5) is 0 Å². The van der Waals surface area contributed by atoms with Crippen LogP contribution in [0.1, 0.15) is 17.5 Å². The summed E-state index contributed by atoms with van der Waals surface area (Å²) in [5, 5.41) is 0. The highest BCUT2D eigenvalue weighted by Crippen LogP contribution is 2.08. The van der Waals surface area contributed by atoms with Crippen molar-refractivity contribution >= 4 is 0 Å². The molecule has 4 nitrogen and oxygen atoms in total. The van der Waals surface area contributed by atoms with E-state index in [4.69, 9.17) is 15.3 Å². The van der Waals surface area contributed by atoms with Crippen molar-refractivity contribution < 1.29 is 9.47 Å². The molecule has 102 valence electrons. The maximum absolute atomic E-state index is 5.57. The number of nitrogens with one attached hydrogen (secondary N) is 1. The Bertz CT molecular complexity index is 331. The van der Waals surface area contributed by atoms with Crippen LogP contribution in [0.3, 0.4) is 0 Å². The second-order valence-corrected chi connectivity index (χ2v) is 4.45. The number of ether oxygens (including phenoxy) is 2. The largest absolute Gasteiger partial charge is 0.382 e. The fraction of sp³-hybridized carbons (Fsp3) is 0.571. The Morgan fingerprint density at radius 3 is 2.78 bits per heavy atom. The lowest BCUT2D eigenvalue weighted by molar-refractivity contribution is 0.0658. The first-order chi connectivity index (χ1) is 8.76. The zero-order valence-electron chi connectivity index (χ0n) is 11.3. The molecule has 0 bridgehead atoms. The van der Waals surface area contributed by atoms with Crippen molar-refractivity contribution in [2.45, 2.75) is 25.8 Å². The number of rotatable bonds is 9. The van der Waals surface area contributed by atoms with Crippen molar-refractivity contribution in [1.29, 1.82) is 0 Å². The van der Waals surface area contributed by atoms with E-state index >= 15 is 0 Å². The van der Waals surface area contributed by atoms with E-state index in [0.717, 1.165) is 12.8 Å². The van der Waals surface area contributed by atoms with E-state index in [1.54, 1.807) is 7.11 Å². The molecule has 0 heterocycles. The lowest BCUT2D eigenvalue weighted by atomic mass is 10.0. The third-order valence-electron chi connectivity index (χ3n) is 2.84. The van der Waals surface area contributed by atoms with E-state index in [2.05, 4.69) is 36.6 Å². The van der Waals surface area contributed by atoms with Crippen molar-refractivity contribution in [3.8, 4) is 0 Å². The average molecular weight is 252 g/mol. The van der Waals surface area contributed by atoms with E-state index in [0.29, 0.717) is 19.8 Å². The minimum absolute atomic E-state index is 0.245. The summed E-state index contributed by atoms with van der Waals surface area (Å²) in [7, 11) is 1.67. The molecule has 1 aromatic carbocycles. The van der Waals surface area contributed by atoms with Gasteiger partial charge < -0.3 is 9.47 Å². The van der Waals surface area contributed by atoms with Crippen molar-refractivity contribution in [3.05, 3.63) is 35.4 Å². The number of nitrogens with two attached hydrogens (primary N) is 1. The Morgan fingerprint density at radius 2 is 2.11 bits per heavy atom. The minimum Gasteiger partial charge on any atom is -0.382 e. The SMILES string of the molecule is COCCOCCC(Cc1cccc(C)c1)NN. The van der Waals surface area contributed by atoms with Crippen LogP contribution in [-0.4, -0.2) is 33.0 Å². The third-order valence-corrected chi connectivity index (χ3v) is 2.84. The van der Waals surface area contributed by atoms with Crippen LogP contribution in [0.15, 0.2) is 24.3 Å². The van der Waals surface area contributed by atoms with Gasteiger partial charge in [0, 0.05) is 19.8 Å². The second-order valence-electron chi connectivity index (χ2n) is 4.45. The summed E-state index contributed by atoms with van der Waals surface area (Å²) in [5.41, 5.74) is 5.43. The van der Waals surface area contributed by atoms with Gasteiger partial charge >= 0.3 is 0 Å². The summed E-state index contributed by atoms with van der Waals surface area (Å²) in [4.78, 5) is 0. The molecule has 0 amide bonds. The maximum Gasteiger partial charge on any atom is 0.0700 e. The molecule has 0 saturated heterocycles. The molecular formula is C14H24N2O2. The molecule has 0 aromatic heterocycles. The van der Waals surface area contributed by atoms with Crippen LogP contribution in [-0.2, 0) is 15.9 Å². The second kappa shape index (κ2) is 9.05. The number of hydrazine groups is 1. The van der Waals surface area contributed by atoms with Crippen LogP contribution in [0.25, 0.3) is 0 Å². The predicted octanol–water partition coefficient (Wildman–Crippen LogP) is 1.42. The molecule has 3 N–H and O–H groups in total. The number of aryl methyl sites for hydroxylation is 1. The zero-order chi connectivity index (χ0) is 13.2. The molecule has 0 spiro atoms. The number of methoxy groups -OCH3 is 1.